The molecule has 0 aliphatic heterocycles. The molecule has 1 atom stereocenters. The van der Waals surface area contributed by atoms with Crippen molar-refractivity contribution < 1.29 is 4.79 Å². The normalized spacial score (nSPS) is 12.5. The molecule has 2 rings (SSSR count). The Kier molecular flexibility index (Phi) is 4.28. The van der Waals surface area contributed by atoms with Crippen LogP contribution in [0.2, 0.25) is 0 Å². The number of aromatic nitrogens is 3. The molecular formula is C12H17N5OS. The highest BCUT2D eigenvalue weighted by molar-refractivity contribution is 7.09. The van der Waals surface area contributed by atoms with Crippen LogP contribution in [0, 0.1) is 6.92 Å². The van der Waals surface area contributed by atoms with Crippen LogP contribution in [0.5, 0.6) is 0 Å². The molecule has 102 valence electrons. The zero-order valence-electron chi connectivity index (χ0n) is 11.0. The lowest BCUT2D eigenvalue weighted by atomic mass is 10.1. The number of hydrogen-bond acceptors (Lipinski definition) is 5. The summed E-state index contributed by atoms with van der Waals surface area (Å²) in [5.74, 6) is -0.349. The van der Waals surface area contributed by atoms with Crippen molar-refractivity contribution in [3.8, 4) is 0 Å². The number of carbonyl (C=O) groups excluding carboxylic acids is 1. The summed E-state index contributed by atoms with van der Waals surface area (Å²) in [6.07, 6.45) is 3.81. The van der Waals surface area contributed by atoms with Crippen LogP contribution in [-0.2, 0) is 18.4 Å². The van der Waals surface area contributed by atoms with E-state index in [0.717, 1.165) is 16.4 Å². The van der Waals surface area contributed by atoms with Crippen molar-refractivity contribution in [2.24, 2.45) is 12.8 Å². The van der Waals surface area contributed by atoms with Crippen molar-refractivity contribution in [2.45, 2.75) is 25.9 Å². The number of carbonyl (C=O) groups is 1. The SMILES string of the molecule is Cc1nc(CNC(CC(N)=O)c2cn(C)cn2)cs1. The highest BCUT2D eigenvalue weighted by Gasteiger charge is 2.16. The van der Waals surface area contributed by atoms with Crippen LogP contribution >= 0.6 is 11.3 Å². The number of nitrogens with one attached hydrogen (secondary N) is 1. The van der Waals surface area contributed by atoms with Crippen LogP contribution in [0.25, 0.3) is 0 Å². The lowest BCUT2D eigenvalue weighted by Crippen LogP contribution is -2.26. The van der Waals surface area contributed by atoms with E-state index in [4.69, 9.17) is 5.73 Å². The minimum atomic E-state index is -0.349. The average Bonchev–Trinajstić information content (AvgIpc) is 2.93. The Morgan fingerprint density at radius 3 is 2.95 bits per heavy atom. The molecule has 0 saturated carbocycles. The molecule has 0 spiro atoms. The van der Waals surface area contributed by atoms with Crippen molar-refractivity contribution in [1.82, 2.24) is 19.9 Å². The molecule has 0 radical (unpaired) electrons. The first-order valence-corrected chi connectivity index (χ1v) is 6.83. The first kappa shape index (κ1) is 13.7. The van der Waals surface area contributed by atoms with Gasteiger partial charge in [0.15, 0.2) is 0 Å². The Morgan fingerprint density at radius 2 is 2.42 bits per heavy atom. The van der Waals surface area contributed by atoms with Crippen molar-refractivity contribution in [3.63, 3.8) is 0 Å². The Hall–Kier alpha value is -1.73. The van der Waals surface area contributed by atoms with Gasteiger partial charge in [-0.05, 0) is 6.92 Å². The molecule has 2 aromatic heterocycles. The number of primary amides is 1. The van der Waals surface area contributed by atoms with Gasteiger partial charge in [-0.1, -0.05) is 0 Å². The summed E-state index contributed by atoms with van der Waals surface area (Å²) in [7, 11) is 1.89. The number of hydrogen-bond donors (Lipinski definition) is 2. The zero-order chi connectivity index (χ0) is 13.8. The summed E-state index contributed by atoms with van der Waals surface area (Å²) in [5, 5.41) is 6.31. The van der Waals surface area contributed by atoms with Gasteiger partial charge in [0, 0.05) is 31.6 Å². The van der Waals surface area contributed by atoms with E-state index >= 15 is 0 Å². The van der Waals surface area contributed by atoms with E-state index < -0.39 is 0 Å². The summed E-state index contributed by atoms with van der Waals surface area (Å²) in [6, 6.07) is -0.180. The zero-order valence-corrected chi connectivity index (χ0v) is 11.8. The van der Waals surface area contributed by atoms with Crippen LogP contribution < -0.4 is 11.1 Å². The second-order valence-corrected chi connectivity index (χ2v) is 5.49. The Morgan fingerprint density at radius 1 is 1.63 bits per heavy atom. The molecule has 0 aliphatic rings. The smallest absolute Gasteiger partial charge is 0.219 e. The topological polar surface area (TPSA) is 85.8 Å². The van der Waals surface area contributed by atoms with Gasteiger partial charge in [0.1, 0.15) is 0 Å². The van der Waals surface area contributed by atoms with Crippen molar-refractivity contribution >= 4 is 17.2 Å². The number of aryl methyl sites for hydroxylation is 2. The molecule has 6 nitrogen and oxygen atoms in total. The Labute approximate surface area is 115 Å². The van der Waals surface area contributed by atoms with E-state index in [1.165, 1.54) is 0 Å². The van der Waals surface area contributed by atoms with Crippen molar-refractivity contribution in [3.05, 3.63) is 34.3 Å². The van der Waals surface area contributed by atoms with Gasteiger partial charge in [0.05, 0.1) is 28.8 Å². The van der Waals surface area contributed by atoms with Crippen LogP contribution in [-0.4, -0.2) is 20.4 Å². The number of imidazole rings is 1. The van der Waals surface area contributed by atoms with E-state index in [1.54, 1.807) is 17.7 Å². The molecule has 3 N–H and O–H groups in total. The minimum absolute atomic E-state index is 0.180. The second-order valence-electron chi connectivity index (χ2n) is 4.43. The number of thiazole rings is 1. The van der Waals surface area contributed by atoms with Crippen LogP contribution in [0.4, 0.5) is 0 Å². The van der Waals surface area contributed by atoms with E-state index in [2.05, 4.69) is 15.3 Å². The van der Waals surface area contributed by atoms with E-state index in [9.17, 15) is 4.79 Å². The number of nitrogens with zero attached hydrogens (tertiary/aromatic N) is 3. The minimum Gasteiger partial charge on any atom is -0.370 e. The van der Waals surface area contributed by atoms with Crippen LogP contribution in [0.3, 0.4) is 0 Å². The maximum absolute atomic E-state index is 11.1. The number of amides is 1. The standard InChI is InChI=1S/C12H17N5OS/c1-8-16-9(6-19-8)4-14-10(3-12(13)18)11-5-17(2)7-15-11/h5-7,10,14H,3-4H2,1-2H3,(H2,13,18). The third-order valence-electron chi connectivity index (χ3n) is 2.68. The van der Waals surface area contributed by atoms with Crippen LogP contribution in [0.15, 0.2) is 17.9 Å². The second kappa shape index (κ2) is 5.94. The van der Waals surface area contributed by atoms with Gasteiger partial charge < -0.3 is 15.6 Å². The predicted octanol–water partition coefficient (Wildman–Crippen LogP) is 0.891. The predicted molar refractivity (Wildman–Crippen MR) is 73.5 cm³/mol. The highest BCUT2D eigenvalue weighted by atomic mass is 32.1. The summed E-state index contributed by atoms with van der Waals surface area (Å²) < 4.78 is 1.85. The summed E-state index contributed by atoms with van der Waals surface area (Å²) in [4.78, 5) is 19.8. The van der Waals surface area contributed by atoms with Gasteiger partial charge in [-0.2, -0.15) is 0 Å². The van der Waals surface area contributed by atoms with Gasteiger partial charge in [-0.3, -0.25) is 4.79 Å². The Balaban J connectivity index is 2.03. The molecule has 1 unspecified atom stereocenters. The fraction of sp³-hybridized carbons (Fsp3) is 0.417. The third kappa shape index (κ3) is 3.87. The lowest BCUT2D eigenvalue weighted by Gasteiger charge is -2.14. The van der Waals surface area contributed by atoms with Crippen molar-refractivity contribution in [1.29, 1.82) is 0 Å². The van der Waals surface area contributed by atoms with Gasteiger partial charge >= 0.3 is 0 Å². The molecule has 19 heavy (non-hydrogen) atoms. The van der Waals surface area contributed by atoms with Gasteiger partial charge in [0.25, 0.3) is 0 Å². The fourth-order valence-corrected chi connectivity index (χ4v) is 2.43. The third-order valence-corrected chi connectivity index (χ3v) is 3.51. The lowest BCUT2D eigenvalue weighted by molar-refractivity contribution is -0.118. The van der Waals surface area contributed by atoms with E-state index in [-0.39, 0.29) is 18.4 Å². The molecule has 0 aliphatic carbocycles. The monoisotopic (exact) mass is 279 g/mol. The fourth-order valence-electron chi connectivity index (χ4n) is 1.81. The average molecular weight is 279 g/mol. The Bertz CT molecular complexity index is 562. The molecule has 7 heteroatoms. The molecular weight excluding hydrogens is 262 g/mol. The van der Waals surface area contributed by atoms with Gasteiger partial charge in [-0.25, -0.2) is 9.97 Å². The van der Waals surface area contributed by atoms with E-state index in [1.807, 2.05) is 30.1 Å². The first-order chi connectivity index (χ1) is 9.04. The first-order valence-electron chi connectivity index (χ1n) is 5.95. The molecule has 0 aromatic carbocycles. The van der Waals surface area contributed by atoms with Crippen molar-refractivity contribution in [2.75, 3.05) is 0 Å². The van der Waals surface area contributed by atoms with Gasteiger partial charge in [-0.15, -0.1) is 11.3 Å². The molecule has 2 aromatic rings. The maximum Gasteiger partial charge on any atom is 0.219 e. The molecule has 0 fully saturated rings. The largest absolute Gasteiger partial charge is 0.370 e. The summed E-state index contributed by atoms with van der Waals surface area (Å²) in [6.45, 7) is 2.56. The molecule has 2 heterocycles. The summed E-state index contributed by atoms with van der Waals surface area (Å²) in [5.41, 5.74) is 7.06. The number of rotatable bonds is 6. The van der Waals surface area contributed by atoms with E-state index in [0.29, 0.717) is 6.54 Å². The quantitative estimate of drug-likeness (QED) is 0.822. The molecule has 0 bridgehead atoms. The van der Waals surface area contributed by atoms with Gasteiger partial charge in [0.2, 0.25) is 5.91 Å². The molecule has 0 saturated heterocycles. The number of nitrogens with two attached hydrogens (primary N) is 1. The highest BCUT2D eigenvalue weighted by Crippen LogP contribution is 2.16. The molecule has 1 amide bonds. The summed E-state index contributed by atoms with van der Waals surface area (Å²) >= 11 is 1.61. The van der Waals surface area contributed by atoms with Crippen LogP contribution in [0.1, 0.15) is 28.9 Å². The maximum atomic E-state index is 11.1.